The van der Waals surface area contributed by atoms with Gasteiger partial charge in [-0.1, -0.05) is 29.1 Å². The monoisotopic (exact) mass is 408 g/mol. The highest BCUT2D eigenvalue weighted by Crippen LogP contribution is 2.39. The van der Waals surface area contributed by atoms with Gasteiger partial charge in [-0.15, -0.1) is 0 Å². The number of hydrogen-bond donors (Lipinski definition) is 1. The van der Waals surface area contributed by atoms with Gasteiger partial charge in [-0.2, -0.15) is 0 Å². The van der Waals surface area contributed by atoms with E-state index in [2.05, 4.69) is 15.5 Å². The first-order valence-corrected chi connectivity index (χ1v) is 10.1. The van der Waals surface area contributed by atoms with Crippen LogP contribution in [-0.2, 0) is 11.2 Å². The number of para-hydroxylation sites is 1. The Balaban J connectivity index is 1.51. The van der Waals surface area contributed by atoms with Crippen molar-refractivity contribution in [3.05, 3.63) is 65.2 Å². The van der Waals surface area contributed by atoms with Crippen molar-refractivity contribution >= 4 is 29.3 Å². The third-order valence-corrected chi connectivity index (χ3v) is 5.87. The van der Waals surface area contributed by atoms with Crippen molar-refractivity contribution in [2.24, 2.45) is 0 Å². The van der Waals surface area contributed by atoms with Crippen LogP contribution in [0.4, 0.5) is 5.69 Å². The molecule has 29 heavy (non-hydrogen) atoms. The smallest absolute Gasteiger partial charge is 0.261 e. The van der Waals surface area contributed by atoms with E-state index in [9.17, 15) is 9.59 Å². The topological polar surface area (TPSA) is 88.3 Å². The lowest BCUT2D eigenvalue weighted by molar-refractivity contribution is -0.119. The molecule has 0 fully saturated rings. The van der Waals surface area contributed by atoms with Crippen LogP contribution in [0, 0.1) is 13.8 Å². The summed E-state index contributed by atoms with van der Waals surface area (Å²) in [4.78, 5) is 32.5. The van der Waals surface area contributed by atoms with E-state index in [0.717, 1.165) is 21.9 Å². The number of fused-ring (bicyclic) bond motifs is 2. The highest BCUT2D eigenvalue weighted by atomic mass is 32.2. The fourth-order valence-electron chi connectivity index (χ4n) is 3.30. The molecule has 8 heteroatoms. The van der Waals surface area contributed by atoms with Gasteiger partial charge in [0.1, 0.15) is 17.3 Å². The minimum Gasteiger partial charge on any atom is -0.361 e. The van der Waals surface area contributed by atoms with Crippen molar-refractivity contribution in [1.82, 2.24) is 15.5 Å². The van der Waals surface area contributed by atoms with Crippen LogP contribution in [0.1, 0.15) is 27.4 Å². The molecule has 0 saturated heterocycles. The lowest BCUT2D eigenvalue weighted by Gasteiger charge is -2.22. The number of nitrogens with zero attached hydrogens (tertiary/aromatic N) is 3. The summed E-state index contributed by atoms with van der Waals surface area (Å²) < 4.78 is 5.15. The molecule has 1 aromatic carbocycles. The second-order valence-electron chi connectivity index (χ2n) is 6.72. The molecule has 0 unspecified atom stereocenters. The van der Waals surface area contributed by atoms with E-state index in [-0.39, 0.29) is 18.4 Å². The molecule has 148 valence electrons. The number of hydrogen-bond acceptors (Lipinski definition) is 6. The lowest BCUT2D eigenvalue weighted by Crippen LogP contribution is -2.41. The minimum absolute atomic E-state index is 0.0632. The zero-order valence-corrected chi connectivity index (χ0v) is 17.0. The third-order valence-electron chi connectivity index (χ3n) is 4.79. The maximum atomic E-state index is 13.2. The van der Waals surface area contributed by atoms with Crippen LogP contribution in [0.15, 0.2) is 57.0 Å². The summed E-state index contributed by atoms with van der Waals surface area (Å²) in [5, 5.41) is 7.46. The van der Waals surface area contributed by atoms with Crippen LogP contribution < -0.4 is 10.2 Å². The van der Waals surface area contributed by atoms with Crippen molar-refractivity contribution in [1.29, 1.82) is 0 Å². The molecule has 0 aliphatic carbocycles. The van der Waals surface area contributed by atoms with Gasteiger partial charge in [0.25, 0.3) is 5.91 Å². The number of carbonyl (C=O) groups excluding carboxylic acids is 2. The van der Waals surface area contributed by atoms with Gasteiger partial charge >= 0.3 is 0 Å². The van der Waals surface area contributed by atoms with E-state index in [1.807, 2.05) is 38.1 Å². The van der Waals surface area contributed by atoms with Crippen molar-refractivity contribution < 1.29 is 14.1 Å². The number of nitrogens with one attached hydrogen (secondary N) is 1. The van der Waals surface area contributed by atoms with E-state index in [1.165, 1.54) is 16.7 Å². The number of anilines is 1. The molecule has 0 atom stereocenters. The molecule has 0 radical (unpaired) electrons. The molecule has 0 bridgehead atoms. The Bertz CT molecular complexity index is 1060. The van der Waals surface area contributed by atoms with E-state index in [0.29, 0.717) is 29.2 Å². The van der Waals surface area contributed by atoms with Crippen LogP contribution >= 0.6 is 11.8 Å². The highest BCUT2D eigenvalue weighted by molar-refractivity contribution is 7.99. The van der Waals surface area contributed by atoms with Crippen LogP contribution in [-0.4, -0.2) is 35.0 Å². The van der Waals surface area contributed by atoms with Gasteiger partial charge in [0, 0.05) is 23.2 Å². The van der Waals surface area contributed by atoms with Gasteiger partial charge in [0.15, 0.2) is 0 Å². The molecule has 7 nitrogen and oxygen atoms in total. The minimum atomic E-state index is -0.230. The molecule has 0 spiro atoms. The van der Waals surface area contributed by atoms with Gasteiger partial charge < -0.3 is 9.84 Å². The Morgan fingerprint density at radius 3 is 2.83 bits per heavy atom. The van der Waals surface area contributed by atoms with E-state index in [4.69, 9.17) is 4.52 Å². The predicted octanol–water partition coefficient (Wildman–Crippen LogP) is 3.16. The number of amides is 2. The van der Waals surface area contributed by atoms with Gasteiger partial charge in [-0.25, -0.2) is 4.98 Å². The summed E-state index contributed by atoms with van der Waals surface area (Å²) in [6.45, 7) is 4.11. The molecule has 3 heterocycles. The molecule has 4 rings (SSSR count). The SMILES string of the molecule is Cc1noc(C)c1CCNC(=O)CN1C(=O)c2cccnc2Sc2ccccc21. The van der Waals surface area contributed by atoms with Crippen molar-refractivity contribution in [3.63, 3.8) is 0 Å². The molecule has 2 amide bonds. The molecular formula is C21H20N4O3S. The summed E-state index contributed by atoms with van der Waals surface area (Å²) in [5.41, 5.74) is 3.03. The summed E-state index contributed by atoms with van der Waals surface area (Å²) in [5.74, 6) is 0.304. The van der Waals surface area contributed by atoms with Gasteiger partial charge in [-0.3, -0.25) is 14.5 Å². The Labute approximate surface area is 172 Å². The van der Waals surface area contributed by atoms with Crippen LogP contribution in [0.25, 0.3) is 0 Å². The predicted molar refractivity (Wildman–Crippen MR) is 109 cm³/mol. The maximum absolute atomic E-state index is 13.2. The fraction of sp³-hybridized carbons (Fsp3) is 0.238. The maximum Gasteiger partial charge on any atom is 0.261 e. The number of aromatic nitrogens is 2. The van der Waals surface area contributed by atoms with Gasteiger partial charge in [-0.05, 0) is 44.5 Å². The second kappa shape index (κ2) is 8.08. The average Bonchev–Trinajstić information content (AvgIpc) is 2.98. The number of pyridine rings is 1. The first-order chi connectivity index (χ1) is 14.0. The summed E-state index contributed by atoms with van der Waals surface area (Å²) >= 11 is 1.43. The van der Waals surface area contributed by atoms with Gasteiger partial charge in [0.05, 0.1) is 16.9 Å². The summed E-state index contributed by atoms with van der Waals surface area (Å²) in [6.07, 6.45) is 2.29. The Hall–Kier alpha value is -3.13. The lowest BCUT2D eigenvalue weighted by atomic mass is 10.1. The molecule has 3 aromatic rings. The molecule has 2 aromatic heterocycles. The molecule has 1 aliphatic rings. The van der Waals surface area contributed by atoms with Crippen molar-refractivity contribution in [2.75, 3.05) is 18.0 Å². The first-order valence-electron chi connectivity index (χ1n) is 9.27. The second-order valence-corrected chi connectivity index (χ2v) is 7.75. The Morgan fingerprint density at radius 2 is 2.03 bits per heavy atom. The Kier molecular flexibility index (Phi) is 5.35. The van der Waals surface area contributed by atoms with E-state index >= 15 is 0 Å². The van der Waals surface area contributed by atoms with Crippen LogP contribution in [0.5, 0.6) is 0 Å². The third kappa shape index (κ3) is 3.88. The standard InChI is InChI=1S/C21H20N4O3S/c1-13-15(14(2)28-24-13)9-11-22-19(26)12-25-17-7-3-4-8-18(17)29-20-16(21(25)27)6-5-10-23-20/h3-8,10H,9,11-12H2,1-2H3,(H,22,26). The van der Waals surface area contributed by atoms with E-state index < -0.39 is 0 Å². The van der Waals surface area contributed by atoms with Crippen molar-refractivity contribution in [3.8, 4) is 0 Å². The fourth-order valence-corrected chi connectivity index (χ4v) is 4.32. The molecule has 1 aliphatic heterocycles. The zero-order chi connectivity index (χ0) is 20.4. The molecule has 0 saturated carbocycles. The summed E-state index contributed by atoms with van der Waals surface area (Å²) in [7, 11) is 0. The Morgan fingerprint density at radius 1 is 1.21 bits per heavy atom. The van der Waals surface area contributed by atoms with Gasteiger partial charge in [0.2, 0.25) is 5.91 Å². The number of rotatable bonds is 5. The number of benzene rings is 1. The van der Waals surface area contributed by atoms with Crippen LogP contribution in [0.2, 0.25) is 0 Å². The zero-order valence-electron chi connectivity index (χ0n) is 16.1. The quantitative estimate of drug-likeness (QED) is 0.698. The number of carbonyl (C=O) groups is 2. The molecule has 1 N–H and O–H groups in total. The first kappa shape index (κ1) is 19.2. The average molecular weight is 408 g/mol. The normalized spacial score (nSPS) is 12.9. The number of aryl methyl sites for hydroxylation is 2. The molecular weight excluding hydrogens is 388 g/mol. The largest absolute Gasteiger partial charge is 0.361 e. The summed E-state index contributed by atoms with van der Waals surface area (Å²) in [6, 6.07) is 11.0. The van der Waals surface area contributed by atoms with Crippen molar-refractivity contribution in [2.45, 2.75) is 30.2 Å². The van der Waals surface area contributed by atoms with E-state index in [1.54, 1.807) is 18.3 Å². The van der Waals surface area contributed by atoms with Crippen LogP contribution in [0.3, 0.4) is 0 Å². The highest BCUT2D eigenvalue weighted by Gasteiger charge is 2.29.